The van der Waals surface area contributed by atoms with Crippen molar-refractivity contribution >= 4 is 0 Å². The summed E-state index contributed by atoms with van der Waals surface area (Å²) in [6.07, 6.45) is 3.58. The Morgan fingerprint density at radius 2 is 1.75 bits per heavy atom. The highest BCUT2D eigenvalue weighted by Gasteiger charge is 2.03. The molecule has 0 heterocycles. The minimum Gasteiger partial charge on any atom is -0.507 e. The molecular weight excluding hydrogens is 200 g/mol. The molecule has 0 bridgehead atoms. The Bertz CT molecular complexity index is 309. The fourth-order valence-corrected chi connectivity index (χ4v) is 1.77. The Kier molecular flexibility index (Phi) is 5.33. The van der Waals surface area contributed by atoms with Crippen molar-refractivity contribution in [2.75, 3.05) is 6.61 Å². The monoisotopic (exact) mass is 222 g/mol. The van der Waals surface area contributed by atoms with Gasteiger partial charge in [0.05, 0.1) is 6.61 Å². The van der Waals surface area contributed by atoms with Gasteiger partial charge in [0.2, 0.25) is 0 Å². The Labute approximate surface area is 98.3 Å². The molecule has 90 valence electrons. The average Bonchev–Trinajstić information content (AvgIpc) is 2.25. The molecule has 0 aliphatic heterocycles. The van der Waals surface area contributed by atoms with Crippen LogP contribution in [0.15, 0.2) is 12.1 Å². The van der Waals surface area contributed by atoms with Gasteiger partial charge in [-0.25, -0.2) is 0 Å². The standard InChI is InChI=1S/C14H22O2/c1-4-5-6-7-16-10-13-8-11(2)14(15)12(3)9-13/h8-9,15H,4-7,10H2,1-3H3. The number of unbranched alkanes of at least 4 members (excludes halogenated alkanes) is 2. The smallest absolute Gasteiger partial charge is 0.121 e. The second-order valence-corrected chi connectivity index (χ2v) is 4.34. The molecule has 0 amide bonds. The van der Waals surface area contributed by atoms with Crippen molar-refractivity contribution in [1.29, 1.82) is 0 Å². The van der Waals surface area contributed by atoms with Crippen LogP contribution in [0.5, 0.6) is 5.75 Å². The highest BCUT2D eigenvalue weighted by Crippen LogP contribution is 2.23. The van der Waals surface area contributed by atoms with Gasteiger partial charge in [0.1, 0.15) is 5.75 Å². The maximum atomic E-state index is 9.63. The first kappa shape index (κ1) is 13.0. The zero-order valence-corrected chi connectivity index (χ0v) is 10.5. The van der Waals surface area contributed by atoms with Gasteiger partial charge in [0.15, 0.2) is 0 Å². The van der Waals surface area contributed by atoms with Gasteiger partial charge in [-0.15, -0.1) is 0 Å². The first-order chi connectivity index (χ1) is 7.65. The Morgan fingerprint density at radius 1 is 1.12 bits per heavy atom. The van der Waals surface area contributed by atoms with E-state index in [4.69, 9.17) is 4.74 Å². The van der Waals surface area contributed by atoms with E-state index >= 15 is 0 Å². The lowest BCUT2D eigenvalue weighted by atomic mass is 10.1. The summed E-state index contributed by atoms with van der Waals surface area (Å²) in [5.41, 5.74) is 2.99. The first-order valence-electron chi connectivity index (χ1n) is 6.02. The van der Waals surface area contributed by atoms with Crippen molar-refractivity contribution in [3.8, 4) is 5.75 Å². The van der Waals surface area contributed by atoms with Crippen LogP contribution in [0, 0.1) is 13.8 Å². The summed E-state index contributed by atoms with van der Waals surface area (Å²) < 4.78 is 5.59. The van der Waals surface area contributed by atoms with Gasteiger partial charge in [0, 0.05) is 6.61 Å². The largest absolute Gasteiger partial charge is 0.507 e. The second-order valence-electron chi connectivity index (χ2n) is 4.34. The SMILES string of the molecule is CCCCCOCc1cc(C)c(O)c(C)c1. The molecule has 0 atom stereocenters. The van der Waals surface area contributed by atoms with Crippen LogP contribution >= 0.6 is 0 Å². The van der Waals surface area contributed by atoms with E-state index in [-0.39, 0.29) is 0 Å². The highest BCUT2D eigenvalue weighted by molar-refractivity contribution is 5.41. The fourth-order valence-electron chi connectivity index (χ4n) is 1.77. The summed E-state index contributed by atoms with van der Waals surface area (Å²) in [6.45, 7) is 7.50. The van der Waals surface area contributed by atoms with E-state index in [1.807, 2.05) is 26.0 Å². The summed E-state index contributed by atoms with van der Waals surface area (Å²) in [4.78, 5) is 0. The van der Waals surface area contributed by atoms with E-state index in [2.05, 4.69) is 6.92 Å². The topological polar surface area (TPSA) is 29.5 Å². The third-order valence-corrected chi connectivity index (χ3v) is 2.71. The van der Waals surface area contributed by atoms with Crippen LogP contribution in [0.3, 0.4) is 0 Å². The van der Waals surface area contributed by atoms with E-state index in [1.54, 1.807) is 0 Å². The van der Waals surface area contributed by atoms with E-state index in [0.29, 0.717) is 12.4 Å². The number of phenolic OH excluding ortho intramolecular Hbond substituents is 1. The summed E-state index contributed by atoms with van der Waals surface area (Å²) in [6, 6.07) is 3.98. The molecule has 1 rings (SSSR count). The van der Waals surface area contributed by atoms with Crippen LogP contribution in [0.25, 0.3) is 0 Å². The van der Waals surface area contributed by atoms with E-state index in [0.717, 1.165) is 29.7 Å². The lowest BCUT2D eigenvalue weighted by Gasteiger charge is -2.08. The Balaban J connectivity index is 2.43. The lowest BCUT2D eigenvalue weighted by Crippen LogP contribution is -1.96. The molecular formula is C14H22O2. The number of aromatic hydroxyl groups is 1. The Hall–Kier alpha value is -1.02. The number of phenols is 1. The van der Waals surface area contributed by atoms with Gasteiger partial charge < -0.3 is 9.84 Å². The number of benzene rings is 1. The van der Waals surface area contributed by atoms with Crippen LogP contribution in [0.4, 0.5) is 0 Å². The molecule has 0 fully saturated rings. The van der Waals surface area contributed by atoms with E-state index in [9.17, 15) is 5.11 Å². The number of rotatable bonds is 6. The normalized spacial score (nSPS) is 10.7. The van der Waals surface area contributed by atoms with Gasteiger partial charge >= 0.3 is 0 Å². The van der Waals surface area contributed by atoms with E-state index in [1.165, 1.54) is 12.8 Å². The molecule has 0 unspecified atom stereocenters. The molecule has 0 radical (unpaired) electrons. The maximum Gasteiger partial charge on any atom is 0.121 e. The van der Waals surface area contributed by atoms with Crippen molar-refractivity contribution in [2.45, 2.75) is 46.6 Å². The molecule has 16 heavy (non-hydrogen) atoms. The third kappa shape index (κ3) is 3.86. The van der Waals surface area contributed by atoms with Crippen molar-refractivity contribution in [1.82, 2.24) is 0 Å². The fraction of sp³-hybridized carbons (Fsp3) is 0.571. The van der Waals surface area contributed by atoms with Gasteiger partial charge in [-0.1, -0.05) is 31.9 Å². The van der Waals surface area contributed by atoms with Gasteiger partial charge in [0.25, 0.3) is 0 Å². The molecule has 0 aromatic heterocycles. The van der Waals surface area contributed by atoms with Gasteiger partial charge in [-0.05, 0) is 37.0 Å². The average molecular weight is 222 g/mol. The molecule has 2 nitrogen and oxygen atoms in total. The van der Waals surface area contributed by atoms with Gasteiger partial charge in [-0.2, -0.15) is 0 Å². The molecule has 0 aliphatic rings. The molecule has 1 aromatic rings. The summed E-state index contributed by atoms with van der Waals surface area (Å²) in [5, 5.41) is 9.63. The molecule has 0 spiro atoms. The lowest BCUT2D eigenvalue weighted by molar-refractivity contribution is 0.117. The number of ether oxygens (including phenoxy) is 1. The molecule has 2 heteroatoms. The summed E-state index contributed by atoms with van der Waals surface area (Å²) in [5.74, 6) is 0.398. The molecule has 0 aliphatic carbocycles. The second kappa shape index (κ2) is 6.54. The predicted octanol–water partition coefficient (Wildman–Crippen LogP) is 3.72. The number of aryl methyl sites for hydroxylation is 2. The van der Waals surface area contributed by atoms with Crippen molar-refractivity contribution < 1.29 is 9.84 Å². The maximum absolute atomic E-state index is 9.63. The third-order valence-electron chi connectivity index (χ3n) is 2.71. The molecule has 1 aromatic carbocycles. The van der Waals surface area contributed by atoms with E-state index < -0.39 is 0 Å². The zero-order valence-electron chi connectivity index (χ0n) is 10.5. The highest BCUT2D eigenvalue weighted by atomic mass is 16.5. The Morgan fingerprint density at radius 3 is 2.31 bits per heavy atom. The molecule has 0 saturated heterocycles. The van der Waals surface area contributed by atoms with Crippen LogP contribution in [-0.2, 0) is 11.3 Å². The van der Waals surface area contributed by atoms with Crippen LogP contribution < -0.4 is 0 Å². The summed E-state index contributed by atoms with van der Waals surface area (Å²) >= 11 is 0. The van der Waals surface area contributed by atoms with Crippen LogP contribution in [0.1, 0.15) is 42.9 Å². The molecule has 0 saturated carbocycles. The van der Waals surface area contributed by atoms with Crippen molar-refractivity contribution in [2.24, 2.45) is 0 Å². The van der Waals surface area contributed by atoms with Crippen molar-refractivity contribution in [3.63, 3.8) is 0 Å². The number of hydrogen-bond donors (Lipinski definition) is 1. The molecule has 1 N–H and O–H groups in total. The quantitative estimate of drug-likeness (QED) is 0.743. The predicted molar refractivity (Wildman–Crippen MR) is 66.8 cm³/mol. The first-order valence-corrected chi connectivity index (χ1v) is 6.02. The minimum absolute atomic E-state index is 0.398. The minimum atomic E-state index is 0.398. The zero-order chi connectivity index (χ0) is 12.0. The van der Waals surface area contributed by atoms with Crippen LogP contribution in [-0.4, -0.2) is 11.7 Å². The van der Waals surface area contributed by atoms with Crippen molar-refractivity contribution in [3.05, 3.63) is 28.8 Å². The number of hydrogen-bond acceptors (Lipinski definition) is 2. The summed E-state index contributed by atoms with van der Waals surface area (Å²) in [7, 11) is 0. The van der Waals surface area contributed by atoms with Crippen LogP contribution in [0.2, 0.25) is 0 Å². The van der Waals surface area contributed by atoms with Gasteiger partial charge in [-0.3, -0.25) is 0 Å².